The molecule has 0 fully saturated rings. The molecule has 0 bridgehead atoms. The van der Waals surface area contributed by atoms with Crippen LogP contribution < -0.4 is 0 Å². The maximum Gasteiger partial charge on any atom is 0.335 e. The lowest BCUT2D eigenvalue weighted by atomic mass is 10.1. The number of carboxylic acid groups (broad SMARTS) is 1. The summed E-state index contributed by atoms with van der Waals surface area (Å²) < 4.78 is 0. The topological polar surface area (TPSA) is 118 Å². The van der Waals surface area contributed by atoms with Gasteiger partial charge in [-0.15, -0.1) is 0 Å². The van der Waals surface area contributed by atoms with Gasteiger partial charge in [-0.1, -0.05) is 0 Å². The largest absolute Gasteiger partial charge is 0.479 e. The zero-order valence-electron chi connectivity index (χ0n) is 6.29. The van der Waals surface area contributed by atoms with Gasteiger partial charge in [0.1, 0.15) is 0 Å². The van der Waals surface area contributed by atoms with Crippen LogP contribution in [0.5, 0.6) is 0 Å². The van der Waals surface area contributed by atoms with Crippen molar-refractivity contribution in [1.82, 2.24) is 0 Å². The molecular weight excluding hydrogens is 168 g/mol. The molecule has 0 radical (unpaired) electrons. The molecule has 6 heteroatoms. The fourth-order valence-electron chi connectivity index (χ4n) is 0.647. The van der Waals surface area contributed by atoms with E-state index in [4.69, 9.17) is 25.5 Å². The van der Waals surface area contributed by atoms with Gasteiger partial charge in [-0.2, -0.15) is 0 Å². The molecule has 5 N–H and O–H groups in total. The predicted molar refractivity (Wildman–Crippen MR) is 37.4 cm³/mol. The number of carbonyl (C=O) groups is 1. The van der Waals surface area contributed by atoms with Crippen molar-refractivity contribution in [1.29, 1.82) is 0 Å². The van der Waals surface area contributed by atoms with Gasteiger partial charge in [0.05, 0.1) is 18.8 Å². The van der Waals surface area contributed by atoms with E-state index >= 15 is 0 Å². The van der Waals surface area contributed by atoms with Crippen molar-refractivity contribution in [3.05, 3.63) is 0 Å². The standard InChI is InChI=1S/C6H12O6/c7-2-3(8)1-4(9)5(10)6(11)12/h3-5,7-10H,1-2H2,(H,11,12)/t3-,4+,5-/m0/s1. The molecule has 0 amide bonds. The lowest BCUT2D eigenvalue weighted by Gasteiger charge is -2.15. The van der Waals surface area contributed by atoms with Gasteiger partial charge in [-0.05, 0) is 0 Å². The van der Waals surface area contributed by atoms with E-state index in [1.165, 1.54) is 0 Å². The molecule has 0 saturated heterocycles. The summed E-state index contributed by atoms with van der Waals surface area (Å²) in [5.41, 5.74) is 0. The molecule has 72 valence electrons. The molecule has 12 heavy (non-hydrogen) atoms. The summed E-state index contributed by atoms with van der Waals surface area (Å²) in [6.45, 7) is -0.580. The SMILES string of the molecule is O=C(O)[C@@H](O)[C@H](O)C[C@H](O)CO. The summed E-state index contributed by atoms with van der Waals surface area (Å²) in [6, 6.07) is 0. The average molecular weight is 180 g/mol. The second-order valence-corrected chi connectivity index (χ2v) is 2.42. The van der Waals surface area contributed by atoms with E-state index in [0.29, 0.717) is 0 Å². The minimum atomic E-state index is -1.92. The molecular formula is C6H12O6. The molecule has 0 aliphatic rings. The van der Waals surface area contributed by atoms with Crippen molar-refractivity contribution in [2.45, 2.75) is 24.7 Å². The van der Waals surface area contributed by atoms with Crippen molar-refractivity contribution in [3.8, 4) is 0 Å². The first-order valence-electron chi connectivity index (χ1n) is 3.37. The second-order valence-electron chi connectivity index (χ2n) is 2.42. The van der Waals surface area contributed by atoms with Crippen LogP contribution in [0.2, 0.25) is 0 Å². The van der Waals surface area contributed by atoms with E-state index in [2.05, 4.69) is 0 Å². The summed E-state index contributed by atoms with van der Waals surface area (Å²) in [7, 11) is 0. The van der Waals surface area contributed by atoms with Gasteiger partial charge in [0.15, 0.2) is 6.10 Å². The van der Waals surface area contributed by atoms with E-state index in [1.807, 2.05) is 0 Å². The molecule has 6 nitrogen and oxygen atoms in total. The number of rotatable bonds is 5. The first-order valence-corrected chi connectivity index (χ1v) is 3.37. The molecule has 0 aromatic heterocycles. The lowest BCUT2D eigenvalue weighted by Crippen LogP contribution is -2.36. The fourth-order valence-corrected chi connectivity index (χ4v) is 0.647. The van der Waals surface area contributed by atoms with Crippen molar-refractivity contribution in [2.24, 2.45) is 0 Å². The molecule has 0 aliphatic heterocycles. The maximum atomic E-state index is 10.1. The highest BCUT2D eigenvalue weighted by Gasteiger charge is 2.25. The quantitative estimate of drug-likeness (QED) is 0.320. The number of hydrogen-bond donors (Lipinski definition) is 5. The van der Waals surface area contributed by atoms with Gasteiger partial charge >= 0.3 is 5.97 Å². The highest BCUT2D eigenvalue weighted by atomic mass is 16.4. The monoisotopic (exact) mass is 180 g/mol. The van der Waals surface area contributed by atoms with Gasteiger partial charge in [0.2, 0.25) is 0 Å². The van der Waals surface area contributed by atoms with Crippen LogP contribution in [-0.2, 0) is 4.79 Å². The first kappa shape index (κ1) is 11.3. The van der Waals surface area contributed by atoms with E-state index in [0.717, 1.165) is 0 Å². The summed E-state index contributed by atoms with van der Waals surface area (Å²) >= 11 is 0. The Morgan fingerprint density at radius 2 is 1.75 bits per heavy atom. The predicted octanol–water partition coefficient (Wildman–Crippen LogP) is -2.46. The summed E-state index contributed by atoms with van der Waals surface area (Å²) in [4.78, 5) is 10.1. The third-order valence-electron chi connectivity index (χ3n) is 1.34. The van der Waals surface area contributed by atoms with E-state index in [-0.39, 0.29) is 6.42 Å². The Kier molecular flexibility index (Phi) is 4.75. The third-order valence-corrected chi connectivity index (χ3v) is 1.34. The molecule has 0 aliphatic carbocycles. The Hall–Kier alpha value is -0.690. The van der Waals surface area contributed by atoms with Crippen molar-refractivity contribution in [2.75, 3.05) is 6.61 Å². The molecule has 3 atom stereocenters. The smallest absolute Gasteiger partial charge is 0.335 e. The van der Waals surface area contributed by atoms with Crippen LogP contribution in [0.25, 0.3) is 0 Å². The van der Waals surface area contributed by atoms with Gasteiger partial charge in [0.25, 0.3) is 0 Å². The molecule has 0 rings (SSSR count). The molecule has 0 heterocycles. The van der Waals surface area contributed by atoms with Crippen LogP contribution >= 0.6 is 0 Å². The number of hydrogen-bond acceptors (Lipinski definition) is 5. The van der Waals surface area contributed by atoms with Crippen molar-refractivity contribution in [3.63, 3.8) is 0 Å². The highest BCUT2D eigenvalue weighted by molar-refractivity contribution is 5.72. The van der Waals surface area contributed by atoms with Gasteiger partial charge < -0.3 is 25.5 Å². The van der Waals surface area contributed by atoms with E-state index in [1.54, 1.807) is 0 Å². The van der Waals surface area contributed by atoms with Crippen molar-refractivity contribution >= 4 is 5.97 Å². The lowest BCUT2D eigenvalue weighted by molar-refractivity contribution is -0.154. The molecule has 0 saturated carbocycles. The number of aliphatic hydroxyl groups excluding tert-OH is 4. The Morgan fingerprint density at radius 3 is 2.08 bits per heavy atom. The zero-order chi connectivity index (χ0) is 9.72. The number of aliphatic hydroxyl groups is 4. The van der Waals surface area contributed by atoms with Gasteiger partial charge in [0, 0.05) is 6.42 Å². The normalized spacial score (nSPS) is 18.3. The number of carboxylic acids is 1. The van der Waals surface area contributed by atoms with Gasteiger partial charge in [-0.3, -0.25) is 0 Å². The maximum absolute atomic E-state index is 10.1. The minimum absolute atomic E-state index is 0.371. The van der Waals surface area contributed by atoms with E-state index in [9.17, 15) is 4.79 Å². The Bertz CT molecular complexity index is 147. The molecule has 0 unspecified atom stereocenters. The van der Waals surface area contributed by atoms with Crippen LogP contribution in [0.1, 0.15) is 6.42 Å². The summed E-state index contributed by atoms with van der Waals surface area (Å²) in [5, 5.41) is 42.8. The van der Waals surface area contributed by atoms with Crippen LogP contribution in [0.15, 0.2) is 0 Å². The molecule has 0 aromatic rings. The minimum Gasteiger partial charge on any atom is -0.479 e. The summed E-state index contributed by atoms with van der Waals surface area (Å²) in [6.07, 6.45) is -5.07. The Balaban J connectivity index is 3.86. The van der Waals surface area contributed by atoms with Crippen LogP contribution in [0.4, 0.5) is 0 Å². The third kappa shape index (κ3) is 3.63. The van der Waals surface area contributed by atoms with Crippen molar-refractivity contribution < 1.29 is 30.3 Å². The second kappa shape index (κ2) is 5.04. The Labute approximate surface area is 68.7 Å². The average Bonchev–Trinajstić information content (AvgIpc) is 2.02. The van der Waals surface area contributed by atoms with E-state index < -0.39 is 30.9 Å². The highest BCUT2D eigenvalue weighted by Crippen LogP contribution is 2.02. The molecule has 0 spiro atoms. The Morgan fingerprint density at radius 1 is 1.25 bits per heavy atom. The van der Waals surface area contributed by atoms with Crippen LogP contribution in [0.3, 0.4) is 0 Å². The fraction of sp³-hybridized carbons (Fsp3) is 0.833. The zero-order valence-corrected chi connectivity index (χ0v) is 6.29. The summed E-state index contributed by atoms with van der Waals surface area (Å²) in [5.74, 6) is -1.56. The number of aliphatic carboxylic acids is 1. The first-order chi connectivity index (χ1) is 5.49. The molecule has 0 aromatic carbocycles. The van der Waals surface area contributed by atoms with Crippen LogP contribution in [0, 0.1) is 0 Å². The van der Waals surface area contributed by atoms with Gasteiger partial charge in [-0.25, -0.2) is 4.79 Å². The van der Waals surface area contributed by atoms with Crippen LogP contribution in [-0.4, -0.2) is 56.4 Å².